The molecule has 0 spiro atoms. The third-order valence-corrected chi connectivity index (χ3v) is 5.41. The molecule has 2 rings (SSSR count). The van der Waals surface area contributed by atoms with Crippen molar-refractivity contribution in [2.24, 2.45) is 0 Å². The molecule has 0 saturated carbocycles. The van der Waals surface area contributed by atoms with Gasteiger partial charge in [-0.3, -0.25) is 4.98 Å². The fourth-order valence-electron chi connectivity index (χ4n) is 2.71. The smallest absolute Gasteiger partial charge is 0.317 e. The zero-order valence-electron chi connectivity index (χ0n) is 13.6. The Labute approximate surface area is 137 Å². The van der Waals surface area contributed by atoms with Crippen molar-refractivity contribution in [3.63, 3.8) is 0 Å². The number of hydrogen-bond acceptors (Lipinski definition) is 4. The van der Waals surface area contributed by atoms with E-state index in [2.05, 4.69) is 10.3 Å². The number of nitrogens with one attached hydrogen (secondary N) is 1. The number of hydrogen-bond donors (Lipinski definition) is 1. The molecule has 1 N–H and O–H groups in total. The van der Waals surface area contributed by atoms with E-state index in [1.54, 1.807) is 12.4 Å². The van der Waals surface area contributed by atoms with Crippen LogP contribution in [0.3, 0.4) is 0 Å². The molecule has 8 heteroatoms. The lowest BCUT2D eigenvalue weighted by Crippen LogP contribution is -2.40. The van der Waals surface area contributed by atoms with Gasteiger partial charge in [0.15, 0.2) is 0 Å². The number of nitrogens with zero attached hydrogens (tertiary/aromatic N) is 3. The van der Waals surface area contributed by atoms with Crippen LogP contribution in [0.15, 0.2) is 24.5 Å². The summed E-state index contributed by atoms with van der Waals surface area (Å²) >= 11 is 0. The van der Waals surface area contributed by atoms with E-state index in [1.807, 2.05) is 17.0 Å². The molecule has 2 heterocycles. The molecule has 2 amide bonds. The van der Waals surface area contributed by atoms with Crippen LogP contribution < -0.4 is 5.32 Å². The van der Waals surface area contributed by atoms with Crippen molar-refractivity contribution < 1.29 is 13.2 Å². The lowest BCUT2D eigenvalue weighted by molar-refractivity contribution is 0.192. The Hall–Kier alpha value is -1.67. The van der Waals surface area contributed by atoms with Crippen molar-refractivity contribution in [2.75, 3.05) is 32.9 Å². The zero-order chi connectivity index (χ0) is 16.9. The van der Waals surface area contributed by atoms with E-state index in [9.17, 15) is 13.2 Å². The van der Waals surface area contributed by atoms with Crippen LogP contribution in [0, 0.1) is 0 Å². The molecule has 0 unspecified atom stereocenters. The number of carbonyl (C=O) groups excluding carboxylic acids is 1. The van der Waals surface area contributed by atoms with Crippen LogP contribution in [0.1, 0.15) is 30.9 Å². The van der Waals surface area contributed by atoms with Gasteiger partial charge in [-0.25, -0.2) is 17.5 Å². The van der Waals surface area contributed by atoms with E-state index < -0.39 is 10.0 Å². The highest BCUT2D eigenvalue weighted by molar-refractivity contribution is 7.88. The highest BCUT2D eigenvalue weighted by atomic mass is 32.2. The summed E-state index contributed by atoms with van der Waals surface area (Å²) in [6.07, 6.45) is 7.18. The maximum absolute atomic E-state index is 12.3. The molecule has 1 fully saturated rings. The summed E-state index contributed by atoms with van der Waals surface area (Å²) in [5.74, 6) is 0. The highest BCUT2D eigenvalue weighted by Gasteiger charge is 2.29. The van der Waals surface area contributed by atoms with Crippen molar-refractivity contribution in [3.8, 4) is 0 Å². The second kappa shape index (κ2) is 7.74. The largest absolute Gasteiger partial charge is 0.338 e. The molecular weight excluding hydrogens is 316 g/mol. The minimum absolute atomic E-state index is 0.0914. The number of carbonyl (C=O) groups is 1. The number of sulfonamides is 1. The molecule has 0 aliphatic carbocycles. The Bertz CT molecular complexity index is 621. The fourth-order valence-corrected chi connectivity index (χ4v) is 3.17. The summed E-state index contributed by atoms with van der Waals surface area (Å²) in [4.78, 5) is 18.2. The number of likely N-dealkylation sites (tertiary alicyclic amines) is 1. The number of urea groups is 1. The van der Waals surface area contributed by atoms with Gasteiger partial charge >= 0.3 is 6.03 Å². The van der Waals surface area contributed by atoms with Crippen molar-refractivity contribution in [1.82, 2.24) is 19.5 Å². The van der Waals surface area contributed by atoms with Crippen molar-refractivity contribution >= 4 is 16.1 Å². The molecule has 7 nitrogen and oxygen atoms in total. The molecule has 1 saturated heterocycles. The van der Waals surface area contributed by atoms with Gasteiger partial charge in [-0.2, -0.15) is 0 Å². The Morgan fingerprint density at radius 3 is 2.78 bits per heavy atom. The Morgan fingerprint density at radius 2 is 2.13 bits per heavy atom. The van der Waals surface area contributed by atoms with Gasteiger partial charge in [0.2, 0.25) is 10.0 Å². The average molecular weight is 340 g/mol. The molecule has 0 bridgehead atoms. The molecule has 0 aromatic carbocycles. The topological polar surface area (TPSA) is 82.6 Å². The Kier molecular flexibility index (Phi) is 5.95. The van der Waals surface area contributed by atoms with E-state index in [-0.39, 0.29) is 12.1 Å². The van der Waals surface area contributed by atoms with Crippen LogP contribution in [0.2, 0.25) is 0 Å². The van der Waals surface area contributed by atoms with E-state index in [4.69, 9.17) is 0 Å². The van der Waals surface area contributed by atoms with E-state index in [0.29, 0.717) is 19.5 Å². The molecule has 1 aromatic rings. The van der Waals surface area contributed by atoms with Gasteiger partial charge in [0, 0.05) is 39.1 Å². The number of rotatable bonds is 6. The van der Waals surface area contributed by atoms with Crippen molar-refractivity contribution in [3.05, 3.63) is 30.1 Å². The highest BCUT2D eigenvalue weighted by Crippen LogP contribution is 2.31. The van der Waals surface area contributed by atoms with E-state index in [1.165, 1.54) is 17.6 Å². The minimum atomic E-state index is -3.16. The first kappa shape index (κ1) is 17.7. The summed E-state index contributed by atoms with van der Waals surface area (Å²) in [7, 11) is -1.62. The third-order valence-electron chi connectivity index (χ3n) is 4.10. The first-order valence-corrected chi connectivity index (χ1v) is 9.60. The number of aromatic nitrogens is 1. The van der Waals surface area contributed by atoms with Crippen molar-refractivity contribution in [1.29, 1.82) is 0 Å². The van der Waals surface area contributed by atoms with Crippen LogP contribution in [-0.4, -0.2) is 61.6 Å². The quantitative estimate of drug-likeness (QED) is 0.789. The first-order chi connectivity index (χ1) is 10.9. The fraction of sp³-hybridized carbons (Fsp3) is 0.600. The number of amides is 2. The standard InChI is InChI=1S/C15H24N4O3S/c1-18(23(2,21)22)11-4-8-17-15(20)19-12-3-5-14(19)13-6-9-16-10-7-13/h6-7,9-10,14H,3-5,8,11-12H2,1-2H3,(H,17,20)/t14-/m1/s1. The maximum Gasteiger partial charge on any atom is 0.317 e. The molecule has 23 heavy (non-hydrogen) atoms. The predicted octanol–water partition coefficient (Wildman–Crippen LogP) is 1.21. The lowest BCUT2D eigenvalue weighted by atomic mass is 10.1. The van der Waals surface area contributed by atoms with Gasteiger partial charge in [0.05, 0.1) is 12.3 Å². The molecule has 1 aliphatic heterocycles. The Morgan fingerprint density at radius 1 is 1.43 bits per heavy atom. The predicted molar refractivity (Wildman–Crippen MR) is 88.4 cm³/mol. The molecule has 1 aliphatic rings. The van der Waals surface area contributed by atoms with Crippen LogP contribution in [0.4, 0.5) is 4.79 Å². The third kappa shape index (κ3) is 4.90. The maximum atomic E-state index is 12.3. The van der Waals surface area contributed by atoms with Gasteiger partial charge in [0.1, 0.15) is 0 Å². The Balaban J connectivity index is 1.81. The average Bonchev–Trinajstić information content (AvgIpc) is 3.00. The minimum Gasteiger partial charge on any atom is -0.338 e. The van der Waals surface area contributed by atoms with Crippen LogP contribution >= 0.6 is 0 Å². The molecule has 0 radical (unpaired) electrons. The van der Waals surface area contributed by atoms with Crippen molar-refractivity contribution in [2.45, 2.75) is 25.3 Å². The summed E-state index contributed by atoms with van der Waals surface area (Å²) in [6, 6.07) is 3.89. The molecule has 1 atom stereocenters. The molecular formula is C15H24N4O3S. The van der Waals surface area contributed by atoms with Gasteiger partial charge in [-0.1, -0.05) is 0 Å². The SMILES string of the molecule is CN(CCCNC(=O)N1CCC[C@@H]1c1ccncc1)S(C)(=O)=O. The van der Waals surface area contributed by atoms with E-state index >= 15 is 0 Å². The van der Waals surface area contributed by atoms with Crippen LogP contribution in [-0.2, 0) is 10.0 Å². The zero-order valence-corrected chi connectivity index (χ0v) is 14.4. The summed E-state index contributed by atoms with van der Waals surface area (Å²) < 4.78 is 23.9. The second-order valence-corrected chi connectivity index (χ2v) is 7.89. The molecule has 128 valence electrons. The second-order valence-electron chi connectivity index (χ2n) is 5.80. The van der Waals surface area contributed by atoms with Crippen LogP contribution in [0.5, 0.6) is 0 Å². The van der Waals surface area contributed by atoms with E-state index in [0.717, 1.165) is 24.9 Å². The van der Waals surface area contributed by atoms with Crippen LogP contribution in [0.25, 0.3) is 0 Å². The summed E-state index contributed by atoms with van der Waals surface area (Å²) in [5, 5.41) is 2.88. The molecule has 1 aromatic heterocycles. The van der Waals surface area contributed by atoms with Gasteiger partial charge in [0.25, 0.3) is 0 Å². The van der Waals surface area contributed by atoms with Gasteiger partial charge < -0.3 is 10.2 Å². The summed E-state index contributed by atoms with van der Waals surface area (Å²) in [5.41, 5.74) is 1.10. The lowest BCUT2D eigenvalue weighted by Gasteiger charge is -2.25. The normalized spacial score (nSPS) is 18.4. The van der Waals surface area contributed by atoms with Gasteiger partial charge in [-0.15, -0.1) is 0 Å². The monoisotopic (exact) mass is 340 g/mol. The van der Waals surface area contributed by atoms with Gasteiger partial charge in [-0.05, 0) is 37.0 Å². The number of pyridine rings is 1. The first-order valence-electron chi connectivity index (χ1n) is 7.75. The summed E-state index contributed by atoms with van der Waals surface area (Å²) in [6.45, 7) is 1.59.